The minimum absolute atomic E-state index is 0.289. The molecule has 21 heavy (non-hydrogen) atoms. The summed E-state index contributed by atoms with van der Waals surface area (Å²) >= 11 is 0. The third-order valence-corrected chi connectivity index (χ3v) is 4.52. The van der Waals surface area contributed by atoms with Gasteiger partial charge < -0.3 is 10.1 Å². The lowest BCUT2D eigenvalue weighted by molar-refractivity contribution is -0.0515. The highest BCUT2D eigenvalue weighted by molar-refractivity contribution is 5.48. The highest BCUT2D eigenvalue weighted by Gasteiger charge is 2.37. The summed E-state index contributed by atoms with van der Waals surface area (Å²) in [7, 11) is 1.80. The third-order valence-electron chi connectivity index (χ3n) is 4.52. The summed E-state index contributed by atoms with van der Waals surface area (Å²) < 4.78 is 5.90. The molecule has 0 atom stereocenters. The molecule has 1 heterocycles. The number of rotatable bonds is 5. The summed E-state index contributed by atoms with van der Waals surface area (Å²) in [5.41, 5.74) is 2.01. The Bertz CT molecular complexity index is 479. The lowest BCUT2D eigenvalue weighted by Gasteiger charge is -2.35. The topological polar surface area (TPSA) is 47.0 Å². The van der Waals surface area contributed by atoms with Crippen LogP contribution in [-0.4, -0.2) is 23.6 Å². The zero-order valence-corrected chi connectivity index (χ0v) is 14.1. The predicted octanol–water partition coefficient (Wildman–Crippen LogP) is 4.15. The predicted molar refractivity (Wildman–Crippen MR) is 86.8 cm³/mol. The molecule has 0 aromatic carbocycles. The van der Waals surface area contributed by atoms with Crippen molar-refractivity contribution in [3.8, 4) is 0 Å². The molecule has 1 fully saturated rings. The summed E-state index contributed by atoms with van der Waals surface area (Å²) in [6.07, 6.45) is 5.72. The molecule has 1 aliphatic rings. The maximum absolute atomic E-state index is 5.90. The molecule has 1 aliphatic carbocycles. The Hall–Kier alpha value is -1.16. The van der Waals surface area contributed by atoms with Crippen molar-refractivity contribution < 1.29 is 4.74 Å². The molecule has 118 valence electrons. The van der Waals surface area contributed by atoms with Gasteiger partial charge >= 0.3 is 0 Å². The number of nitrogens with one attached hydrogen (secondary N) is 1. The molecule has 4 heteroatoms. The van der Waals surface area contributed by atoms with Crippen molar-refractivity contribution in [2.45, 2.75) is 71.3 Å². The minimum Gasteiger partial charge on any atom is -0.370 e. The zero-order valence-electron chi connectivity index (χ0n) is 14.1. The number of anilines is 1. The van der Waals surface area contributed by atoms with Gasteiger partial charge in [0.05, 0.1) is 0 Å². The van der Waals surface area contributed by atoms with Crippen LogP contribution in [-0.2, 0) is 10.3 Å². The van der Waals surface area contributed by atoms with Crippen LogP contribution in [0, 0.1) is 6.92 Å². The molecule has 0 radical (unpaired) electrons. The van der Waals surface area contributed by atoms with Gasteiger partial charge in [-0.1, -0.05) is 33.1 Å². The van der Waals surface area contributed by atoms with Gasteiger partial charge in [-0.25, -0.2) is 9.97 Å². The quantitative estimate of drug-likeness (QED) is 0.885. The normalized spacial score (nSPS) is 18.0. The molecule has 0 spiro atoms. The Labute approximate surface area is 128 Å². The SMILES string of the molecule is CCNc1nc(C2(OC)CCCCC2)nc(C)c1C(C)C. The summed E-state index contributed by atoms with van der Waals surface area (Å²) in [6, 6.07) is 0. The second-order valence-corrected chi connectivity index (χ2v) is 6.34. The van der Waals surface area contributed by atoms with Gasteiger partial charge in [0, 0.05) is 24.9 Å². The van der Waals surface area contributed by atoms with E-state index in [4.69, 9.17) is 14.7 Å². The third kappa shape index (κ3) is 3.20. The number of hydrogen-bond donors (Lipinski definition) is 1. The lowest BCUT2D eigenvalue weighted by atomic mass is 9.83. The Morgan fingerprint density at radius 1 is 1.19 bits per heavy atom. The van der Waals surface area contributed by atoms with E-state index in [-0.39, 0.29) is 5.60 Å². The van der Waals surface area contributed by atoms with Crippen LogP contribution in [0.15, 0.2) is 0 Å². The maximum Gasteiger partial charge on any atom is 0.162 e. The van der Waals surface area contributed by atoms with E-state index < -0.39 is 0 Å². The van der Waals surface area contributed by atoms with Crippen LogP contribution in [0.4, 0.5) is 5.82 Å². The van der Waals surface area contributed by atoms with E-state index in [1.807, 2.05) is 0 Å². The second-order valence-electron chi connectivity index (χ2n) is 6.34. The van der Waals surface area contributed by atoms with Crippen molar-refractivity contribution in [3.05, 3.63) is 17.1 Å². The molecule has 1 N–H and O–H groups in total. The number of aromatic nitrogens is 2. The highest BCUT2D eigenvalue weighted by atomic mass is 16.5. The van der Waals surface area contributed by atoms with Gasteiger partial charge in [0.25, 0.3) is 0 Å². The minimum atomic E-state index is -0.289. The van der Waals surface area contributed by atoms with Crippen molar-refractivity contribution in [2.75, 3.05) is 19.0 Å². The Kier molecular flexibility index (Phi) is 5.20. The molecule has 1 aromatic rings. The van der Waals surface area contributed by atoms with Crippen LogP contribution in [0.5, 0.6) is 0 Å². The van der Waals surface area contributed by atoms with Crippen LogP contribution in [0.25, 0.3) is 0 Å². The molecule has 0 unspecified atom stereocenters. The van der Waals surface area contributed by atoms with Gasteiger partial charge in [0.2, 0.25) is 0 Å². The second kappa shape index (κ2) is 6.73. The Balaban J connectivity index is 2.49. The first-order valence-electron chi connectivity index (χ1n) is 8.22. The standard InChI is InChI=1S/C17H29N3O/c1-6-18-15-14(12(2)3)13(4)19-16(20-15)17(21-5)10-8-7-9-11-17/h12H,6-11H2,1-5H3,(H,18,19,20). The monoisotopic (exact) mass is 291 g/mol. The average Bonchev–Trinajstić information content (AvgIpc) is 2.47. The first-order valence-corrected chi connectivity index (χ1v) is 8.22. The van der Waals surface area contributed by atoms with Crippen molar-refractivity contribution in [1.29, 1.82) is 0 Å². The fraction of sp³-hybridized carbons (Fsp3) is 0.765. The largest absolute Gasteiger partial charge is 0.370 e. The van der Waals surface area contributed by atoms with E-state index in [9.17, 15) is 0 Å². The summed E-state index contributed by atoms with van der Waals surface area (Å²) in [5.74, 6) is 2.26. The van der Waals surface area contributed by atoms with Crippen LogP contribution in [0.3, 0.4) is 0 Å². The van der Waals surface area contributed by atoms with Crippen molar-refractivity contribution in [2.24, 2.45) is 0 Å². The van der Waals surface area contributed by atoms with Crippen LogP contribution < -0.4 is 5.32 Å². The average molecular weight is 291 g/mol. The van der Waals surface area contributed by atoms with Gasteiger partial charge in [-0.2, -0.15) is 0 Å². The van der Waals surface area contributed by atoms with Crippen molar-refractivity contribution in [1.82, 2.24) is 9.97 Å². The molecule has 2 rings (SSSR count). The van der Waals surface area contributed by atoms with E-state index in [1.54, 1.807) is 7.11 Å². The van der Waals surface area contributed by atoms with E-state index >= 15 is 0 Å². The fourth-order valence-corrected chi connectivity index (χ4v) is 3.42. The molecule has 1 saturated carbocycles. The first-order chi connectivity index (χ1) is 10.0. The number of ether oxygens (including phenoxy) is 1. The summed E-state index contributed by atoms with van der Waals surface area (Å²) in [5, 5.41) is 3.41. The molecule has 0 amide bonds. The van der Waals surface area contributed by atoms with Crippen LogP contribution in [0.1, 0.15) is 75.9 Å². The summed E-state index contributed by atoms with van der Waals surface area (Å²) in [6.45, 7) is 9.45. The first kappa shape index (κ1) is 16.2. The van der Waals surface area contributed by atoms with E-state index in [0.717, 1.165) is 36.7 Å². The highest BCUT2D eigenvalue weighted by Crippen LogP contribution is 2.39. The molecule has 0 bridgehead atoms. The number of aryl methyl sites for hydroxylation is 1. The number of nitrogens with zero attached hydrogens (tertiary/aromatic N) is 2. The number of hydrogen-bond acceptors (Lipinski definition) is 4. The van der Waals surface area contributed by atoms with Gasteiger partial charge in [-0.15, -0.1) is 0 Å². The number of methoxy groups -OCH3 is 1. The Morgan fingerprint density at radius 3 is 2.38 bits per heavy atom. The molecule has 0 saturated heterocycles. The molecule has 4 nitrogen and oxygen atoms in total. The van der Waals surface area contributed by atoms with Crippen molar-refractivity contribution in [3.63, 3.8) is 0 Å². The van der Waals surface area contributed by atoms with E-state index in [1.165, 1.54) is 24.8 Å². The molecular weight excluding hydrogens is 262 g/mol. The van der Waals surface area contributed by atoms with Gasteiger partial charge in [-0.3, -0.25) is 0 Å². The molecular formula is C17H29N3O. The van der Waals surface area contributed by atoms with E-state index in [2.05, 4.69) is 33.0 Å². The maximum atomic E-state index is 5.90. The van der Waals surface area contributed by atoms with Gasteiger partial charge in [0.15, 0.2) is 5.82 Å². The smallest absolute Gasteiger partial charge is 0.162 e. The van der Waals surface area contributed by atoms with Crippen molar-refractivity contribution >= 4 is 5.82 Å². The fourth-order valence-electron chi connectivity index (χ4n) is 3.42. The van der Waals surface area contributed by atoms with Crippen LogP contribution in [0.2, 0.25) is 0 Å². The van der Waals surface area contributed by atoms with E-state index in [0.29, 0.717) is 5.92 Å². The molecule has 0 aliphatic heterocycles. The Morgan fingerprint density at radius 2 is 1.86 bits per heavy atom. The summed E-state index contributed by atoms with van der Waals surface area (Å²) in [4.78, 5) is 9.69. The van der Waals surface area contributed by atoms with Gasteiger partial charge in [-0.05, 0) is 32.6 Å². The lowest BCUT2D eigenvalue weighted by Crippen LogP contribution is -2.34. The van der Waals surface area contributed by atoms with Gasteiger partial charge in [0.1, 0.15) is 11.4 Å². The van der Waals surface area contributed by atoms with Crippen LogP contribution >= 0.6 is 0 Å². The zero-order chi connectivity index (χ0) is 15.5. The molecule has 1 aromatic heterocycles.